The van der Waals surface area contributed by atoms with Gasteiger partial charge in [-0.25, -0.2) is 4.79 Å². The van der Waals surface area contributed by atoms with Crippen molar-refractivity contribution < 1.29 is 14.6 Å². The Morgan fingerprint density at radius 3 is 2.82 bits per heavy atom. The van der Waals surface area contributed by atoms with Crippen LogP contribution in [0.4, 0.5) is 5.69 Å². The fourth-order valence-corrected chi connectivity index (χ4v) is 2.30. The SMILES string of the molecule is CCOC(=O)c1c(NCC(C)O)c2cccc(C)c2[nH]c1=O. The number of aliphatic hydroxyl groups excluding tert-OH is 1. The monoisotopic (exact) mass is 304 g/mol. The normalized spacial score (nSPS) is 12.2. The number of aromatic nitrogens is 1. The van der Waals surface area contributed by atoms with E-state index >= 15 is 0 Å². The molecule has 0 aliphatic carbocycles. The van der Waals surface area contributed by atoms with E-state index < -0.39 is 17.6 Å². The molecule has 0 fully saturated rings. The van der Waals surface area contributed by atoms with Crippen LogP contribution in [0.3, 0.4) is 0 Å². The number of hydrogen-bond donors (Lipinski definition) is 3. The zero-order valence-corrected chi connectivity index (χ0v) is 12.9. The predicted octanol–water partition coefficient (Wildman–Crippen LogP) is 1.81. The van der Waals surface area contributed by atoms with Gasteiger partial charge in [-0.05, 0) is 26.3 Å². The van der Waals surface area contributed by atoms with Crippen molar-refractivity contribution in [3.05, 3.63) is 39.7 Å². The summed E-state index contributed by atoms with van der Waals surface area (Å²) in [6.07, 6.45) is -0.616. The van der Waals surface area contributed by atoms with Gasteiger partial charge in [-0.2, -0.15) is 0 Å². The molecule has 22 heavy (non-hydrogen) atoms. The molecule has 1 aromatic carbocycles. The molecule has 0 amide bonds. The van der Waals surface area contributed by atoms with Crippen LogP contribution in [0.2, 0.25) is 0 Å². The molecule has 6 nitrogen and oxygen atoms in total. The number of ether oxygens (including phenoxy) is 1. The summed E-state index contributed by atoms with van der Waals surface area (Å²) in [6, 6.07) is 5.53. The topological polar surface area (TPSA) is 91.4 Å². The van der Waals surface area contributed by atoms with E-state index in [-0.39, 0.29) is 18.7 Å². The predicted molar refractivity (Wildman–Crippen MR) is 85.4 cm³/mol. The number of esters is 1. The lowest BCUT2D eigenvalue weighted by Gasteiger charge is -2.15. The van der Waals surface area contributed by atoms with Crippen molar-refractivity contribution in [2.45, 2.75) is 26.9 Å². The standard InChI is InChI=1S/C16H20N2O4/c1-4-22-16(21)12-14(17-8-10(3)19)11-7-5-6-9(2)13(11)18-15(12)20/h5-7,10,19H,4,8H2,1-3H3,(H2,17,18,20). The van der Waals surface area contributed by atoms with E-state index in [1.54, 1.807) is 13.8 Å². The second-order valence-electron chi connectivity index (χ2n) is 5.15. The lowest BCUT2D eigenvalue weighted by molar-refractivity contribution is 0.0525. The smallest absolute Gasteiger partial charge is 0.345 e. The minimum atomic E-state index is -0.680. The molecule has 1 unspecified atom stereocenters. The van der Waals surface area contributed by atoms with Crippen LogP contribution in [0, 0.1) is 6.92 Å². The van der Waals surface area contributed by atoms with Crippen molar-refractivity contribution in [3.8, 4) is 0 Å². The fraction of sp³-hybridized carbons (Fsp3) is 0.375. The maximum Gasteiger partial charge on any atom is 0.345 e. The number of carbonyl (C=O) groups excluding carboxylic acids is 1. The molecule has 3 N–H and O–H groups in total. The average molecular weight is 304 g/mol. The van der Waals surface area contributed by atoms with Crippen LogP contribution < -0.4 is 10.9 Å². The summed E-state index contributed by atoms with van der Waals surface area (Å²) >= 11 is 0. The molecule has 0 saturated carbocycles. The number of aliphatic hydroxyl groups is 1. The van der Waals surface area contributed by atoms with E-state index in [0.717, 1.165) is 5.56 Å². The van der Waals surface area contributed by atoms with Crippen molar-refractivity contribution >= 4 is 22.6 Å². The Hall–Kier alpha value is -2.34. The number of rotatable bonds is 5. The highest BCUT2D eigenvalue weighted by Gasteiger charge is 2.21. The van der Waals surface area contributed by atoms with Gasteiger partial charge >= 0.3 is 5.97 Å². The van der Waals surface area contributed by atoms with Crippen LogP contribution in [0.1, 0.15) is 29.8 Å². The van der Waals surface area contributed by atoms with E-state index in [2.05, 4.69) is 10.3 Å². The molecule has 6 heteroatoms. The third-order valence-electron chi connectivity index (χ3n) is 3.31. The Morgan fingerprint density at radius 2 is 2.18 bits per heavy atom. The molecular formula is C16H20N2O4. The number of aromatic amines is 1. The van der Waals surface area contributed by atoms with Crippen LogP contribution in [0.25, 0.3) is 10.9 Å². The summed E-state index contributed by atoms with van der Waals surface area (Å²) in [6.45, 7) is 5.58. The number of benzene rings is 1. The Morgan fingerprint density at radius 1 is 1.45 bits per heavy atom. The maximum atomic E-state index is 12.3. The Kier molecular flexibility index (Phi) is 4.82. The van der Waals surface area contributed by atoms with Gasteiger partial charge in [0.1, 0.15) is 5.56 Å². The third-order valence-corrected chi connectivity index (χ3v) is 3.31. The summed E-state index contributed by atoms with van der Waals surface area (Å²) in [5.74, 6) is -0.680. The second-order valence-corrected chi connectivity index (χ2v) is 5.15. The van der Waals surface area contributed by atoms with Crippen molar-refractivity contribution in [3.63, 3.8) is 0 Å². The van der Waals surface area contributed by atoms with Crippen molar-refractivity contribution in [1.82, 2.24) is 4.98 Å². The van der Waals surface area contributed by atoms with Gasteiger partial charge in [-0.1, -0.05) is 18.2 Å². The zero-order chi connectivity index (χ0) is 16.3. The highest BCUT2D eigenvalue weighted by molar-refractivity contribution is 6.05. The van der Waals surface area contributed by atoms with Gasteiger partial charge in [0.05, 0.1) is 23.9 Å². The first-order valence-electron chi connectivity index (χ1n) is 7.20. The molecule has 0 saturated heterocycles. The van der Waals surface area contributed by atoms with E-state index in [0.29, 0.717) is 16.6 Å². The Balaban J connectivity index is 2.70. The lowest BCUT2D eigenvalue weighted by atomic mass is 10.1. The van der Waals surface area contributed by atoms with Gasteiger partial charge in [0.15, 0.2) is 0 Å². The first-order chi connectivity index (χ1) is 10.5. The quantitative estimate of drug-likeness (QED) is 0.733. The van der Waals surface area contributed by atoms with E-state index in [9.17, 15) is 14.7 Å². The molecule has 118 valence electrons. The molecule has 0 aliphatic rings. The number of fused-ring (bicyclic) bond motifs is 1. The highest BCUT2D eigenvalue weighted by Crippen LogP contribution is 2.26. The number of carbonyl (C=O) groups is 1. The van der Waals surface area contributed by atoms with Crippen LogP contribution in [-0.2, 0) is 4.74 Å². The fourth-order valence-electron chi connectivity index (χ4n) is 2.30. The number of H-pyrrole nitrogens is 1. The molecule has 2 aromatic rings. The van der Waals surface area contributed by atoms with Gasteiger partial charge in [0.25, 0.3) is 5.56 Å². The Labute approximate surface area is 128 Å². The first kappa shape index (κ1) is 16.0. The second kappa shape index (κ2) is 6.62. The first-order valence-corrected chi connectivity index (χ1v) is 7.20. The average Bonchev–Trinajstić information content (AvgIpc) is 2.45. The number of anilines is 1. The minimum Gasteiger partial charge on any atom is -0.462 e. The maximum absolute atomic E-state index is 12.3. The highest BCUT2D eigenvalue weighted by atomic mass is 16.5. The van der Waals surface area contributed by atoms with Crippen molar-refractivity contribution in [2.75, 3.05) is 18.5 Å². The molecule has 1 heterocycles. The van der Waals surface area contributed by atoms with Gasteiger partial charge in [-0.15, -0.1) is 0 Å². The molecule has 1 aromatic heterocycles. The van der Waals surface area contributed by atoms with Gasteiger partial charge in [0.2, 0.25) is 0 Å². The molecule has 0 radical (unpaired) electrons. The van der Waals surface area contributed by atoms with Gasteiger partial charge < -0.3 is 20.1 Å². The number of nitrogens with one attached hydrogen (secondary N) is 2. The van der Waals surface area contributed by atoms with Crippen LogP contribution in [0.15, 0.2) is 23.0 Å². The lowest BCUT2D eigenvalue weighted by Crippen LogP contribution is -2.25. The molecule has 0 spiro atoms. The molecular weight excluding hydrogens is 284 g/mol. The Bertz CT molecular complexity index is 750. The van der Waals surface area contributed by atoms with E-state index in [1.165, 1.54) is 0 Å². The van der Waals surface area contributed by atoms with Crippen LogP contribution >= 0.6 is 0 Å². The van der Waals surface area contributed by atoms with Crippen LogP contribution in [-0.4, -0.2) is 35.3 Å². The summed E-state index contributed by atoms with van der Waals surface area (Å²) in [5.41, 5.74) is 1.37. The van der Waals surface area contributed by atoms with E-state index in [4.69, 9.17) is 4.74 Å². The largest absolute Gasteiger partial charge is 0.462 e. The van der Waals surface area contributed by atoms with E-state index in [1.807, 2.05) is 25.1 Å². The number of aryl methyl sites for hydroxylation is 1. The number of para-hydroxylation sites is 1. The van der Waals surface area contributed by atoms with Gasteiger partial charge in [0, 0.05) is 11.9 Å². The molecule has 0 bridgehead atoms. The summed E-state index contributed by atoms with van der Waals surface area (Å²) in [4.78, 5) is 27.2. The van der Waals surface area contributed by atoms with Crippen molar-refractivity contribution in [2.24, 2.45) is 0 Å². The summed E-state index contributed by atoms with van der Waals surface area (Å²) in [7, 11) is 0. The third kappa shape index (κ3) is 3.12. The molecule has 1 atom stereocenters. The number of pyridine rings is 1. The zero-order valence-electron chi connectivity index (χ0n) is 12.9. The minimum absolute atomic E-state index is 0.0689. The van der Waals surface area contributed by atoms with Gasteiger partial charge in [-0.3, -0.25) is 4.79 Å². The van der Waals surface area contributed by atoms with Crippen LogP contribution in [0.5, 0.6) is 0 Å². The van der Waals surface area contributed by atoms with Crippen molar-refractivity contribution in [1.29, 1.82) is 0 Å². The number of hydrogen-bond acceptors (Lipinski definition) is 5. The molecule has 2 rings (SSSR count). The summed E-state index contributed by atoms with van der Waals surface area (Å²) in [5, 5.41) is 13.2. The molecule has 0 aliphatic heterocycles. The summed E-state index contributed by atoms with van der Waals surface area (Å²) < 4.78 is 4.97.